The number of allylic oxidation sites excluding steroid dienone is 1. The average Bonchev–Trinajstić information content (AvgIpc) is 2.79. The van der Waals surface area contributed by atoms with Crippen molar-refractivity contribution in [3.8, 4) is 0 Å². The Bertz CT molecular complexity index is 469. The fourth-order valence-electron chi connectivity index (χ4n) is 3.25. The van der Waals surface area contributed by atoms with E-state index >= 15 is 0 Å². The lowest BCUT2D eigenvalue weighted by atomic mass is 9.83. The van der Waals surface area contributed by atoms with Crippen LogP contribution < -0.4 is 0 Å². The van der Waals surface area contributed by atoms with E-state index in [-0.39, 0.29) is 0 Å². The second-order valence-corrected chi connectivity index (χ2v) is 5.60. The van der Waals surface area contributed by atoms with Gasteiger partial charge in [0.15, 0.2) is 0 Å². The minimum atomic E-state index is 1.14. The number of rotatable bonds is 1. The first-order valence-electron chi connectivity index (χ1n) is 6.34. The van der Waals surface area contributed by atoms with Crippen LogP contribution in [-0.4, -0.2) is 0 Å². The fraction of sp³-hybridized carbons (Fsp3) is 0.467. The topological polar surface area (TPSA) is 0 Å². The summed E-state index contributed by atoms with van der Waals surface area (Å²) in [5.74, 6) is 0. The zero-order chi connectivity index (χ0) is 11.1. The smallest absolute Gasteiger partial charge is 0.0285 e. The molecule has 0 amide bonds. The number of benzene rings is 1. The predicted octanol–water partition coefficient (Wildman–Crippen LogP) is 4.46. The van der Waals surface area contributed by atoms with Crippen molar-refractivity contribution >= 4 is 22.0 Å². The molecule has 1 aromatic carbocycles. The summed E-state index contributed by atoms with van der Waals surface area (Å²) in [6, 6.07) is 0. The zero-order valence-corrected chi connectivity index (χ0v) is 11.4. The molecule has 0 bridgehead atoms. The van der Waals surface area contributed by atoms with Crippen LogP contribution in [0.25, 0.3) is 6.08 Å². The van der Waals surface area contributed by atoms with Gasteiger partial charge in [0, 0.05) is 4.47 Å². The Morgan fingerprint density at radius 1 is 1.12 bits per heavy atom. The molecule has 0 N–H and O–H groups in total. The third kappa shape index (κ3) is 1.41. The summed E-state index contributed by atoms with van der Waals surface area (Å²) in [5, 5.41) is 0. The Labute approximate surface area is 106 Å². The van der Waals surface area contributed by atoms with Crippen molar-refractivity contribution in [3.63, 3.8) is 0 Å². The molecule has 0 atom stereocenters. The van der Waals surface area contributed by atoms with E-state index in [2.05, 4.69) is 35.0 Å². The van der Waals surface area contributed by atoms with Crippen molar-refractivity contribution in [2.45, 2.75) is 45.4 Å². The van der Waals surface area contributed by atoms with Gasteiger partial charge in [-0.1, -0.05) is 19.1 Å². The molecular formula is C15H17Br. The monoisotopic (exact) mass is 276 g/mol. The van der Waals surface area contributed by atoms with E-state index in [0.29, 0.717) is 0 Å². The van der Waals surface area contributed by atoms with E-state index in [1.165, 1.54) is 42.1 Å². The highest BCUT2D eigenvalue weighted by molar-refractivity contribution is 9.10. The first-order chi connectivity index (χ1) is 7.83. The molecule has 16 heavy (non-hydrogen) atoms. The van der Waals surface area contributed by atoms with Crippen LogP contribution in [0.2, 0.25) is 0 Å². The first-order valence-corrected chi connectivity index (χ1v) is 7.13. The highest BCUT2D eigenvalue weighted by Crippen LogP contribution is 2.40. The second kappa shape index (κ2) is 4.03. The van der Waals surface area contributed by atoms with E-state index < -0.39 is 0 Å². The Morgan fingerprint density at radius 2 is 1.88 bits per heavy atom. The van der Waals surface area contributed by atoms with Crippen LogP contribution in [0.5, 0.6) is 0 Å². The number of halogens is 1. The molecule has 84 valence electrons. The molecule has 2 aliphatic carbocycles. The molecular weight excluding hydrogens is 260 g/mol. The highest BCUT2D eigenvalue weighted by Gasteiger charge is 2.23. The molecule has 3 rings (SSSR count). The van der Waals surface area contributed by atoms with Crippen molar-refractivity contribution in [2.75, 3.05) is 0 Å². The van der Waals surface area contributed by atoms with Crippen molar-refractivity contribution in [1.29, 1.82) is 0 Å². The summed E-state index contributed by atoms with van der Waals surface area (Å²) in [5.41, 5.74) is 7.99. The molecule has 0 unspecified atom stereocenters. The largest absolute Gasteiger partial charge is 0.0795 e. The van der Waals surface area contributed by atoms with Gasteiger partial charge in [-0.2, -0.15) is 0 Å². The van der Waals surface area contributed by atoms with E-state index in [1.54, 1.807) is 22.3 Å². The third-order valence-electron chi connectivity index (χ3n) is 3.98. The second-order valence-electron chi connectivity index (χ2n) is 4.81. The molecule has 0 radical (unpaired) electrons. The van der Waals surface area contributed by atoms with Crippen LogP contribution in [0, 0.1) is 0 Å². The van der Waals surface area contributed by atoms with Gasteiger partial charge in [0.25, 0.3) is 0 Å². The van der Waals surface area contributed by atoms with E-state index in [0.717, 1.165) is 6.42 Å². The van der Waals surface area contributed by atoms with Gasteiger partial charge in [-0.25, -0.2) is 0 Å². The maximum Gasteiger partial charge on any atom is 0.0285 e. The summed E-state index contributed by atoms with van der Waals surface area (Å²) in [6.45, 7) is 2.30. The molecule has 0 nitrogen and oxygen atoms in total. The molecule has 0 spiro atoms. The summed E-state index contributed by atoms with van der Waals surface area (Å²) in [7, 11) is 0. The average molecular weight is 277 g/mol. The van der Waals surface area contributed by atoms with E-state index in [9.17, 15) is 0 Å². The Morgan fingerprint density at radius 3 is 2.62 bits per heavy atom. The number of hydrogen-bond acceptors (Lipinski definition) is 0. The van der Waals surface area contributed by atoms with Crippen molar-refractivity contribution in [2.24, 2.45) is 0 Å². The molecule has 2 aliphatic rings. The first kappa shape index (κ1) is 10.6. The van der Waals surface area contributed by atoms with Gasteiger partial charge in [0.2, 0.25) is 0 Å². The SMILES string of the molecule is CCc1c2c(c(Br)c3c1CCCC3)C=CC2. The van der Waals surface area contributed by atoms with Crippen molar-refractivity contribution in [3.05, 3.63) is 38.4 Å². The molecule has 0 fully saturated rings. The van der Waals surface area contributed by atoms with Gasteiger partial charge in [-0.3, -0.25) is 0 Å². The lowest BCUT2D eigenvalue weighted by Gasteiger charge is -2.24. The molecule has 0 saturated carbocycles. The lowest BCUT2D eigenvalue weighted by molar-refractivity contribution is 0.675. The molecule has 1 heteroatoms. The quantitative estimate of drug-likeness (QED) is 0.711. The van der Waals surface area contributed by atoms with Crippen LogP contribution in [0.15, 0.2) is 10.5 Å². The van der Waals surface area contributed by atoms with Crippen molar-refractivity contribution in [1.82, 2.24) is 0 Å². The Kier molecular flexibility index (Phi) is 2.67. The minimum Gasteiger partial charge on any atom is -0.0795 e. The van der Waals surface area contributed by atoms with E-state index in [1.807, 2.05) is 0 Å². The third-order valence-corrected chi connectivity index (χ3v) is 4.89. The maximum atomic E-state index is 3.83. The fourth-order valence-corrected chi connectivity index (χ4v) is 4.06. The maximum absolute atomic E-state index is 3.83. The van der Waals surface area contributed by atoms with Crippen LogP contribution in [-0.2, 0) is 25.7 Å². The Balaban J connectivity index is 2.30. The van der Waals surface area contributed by atoms with Gasteiger partial charge in [0.05, 0.1) is 0 Å². The molecule has 0 heterocycles. The van der Waals surface area contributed by atoms with Gasteiger partial charge in [-0.05, 0) is 82.3 Å². The van der Waals surface area contributed by atoms with Gasteiger partial charge in [0.1, 0.15) is 0 Å². The molecule has 1 aromatic rings. The van der Waals surface area contributed by atoms with Crippen LogP contribution in [0.1, 0.15) is 47.6 Å². The Hall–Kier alpha value is -0.560. The van der Waals surface area contributed by atoms with Gasteiger partial charge < -0.3 is 0 Å². The number of hydrogen-bond donors (Lipinski definition) is 0. The predicted molar refractivity (Wildman–Crippen MR) is 72.9 cm³/mol. The van der Waals surface area contributed by atoms with Crippen LogP contribution in [0.3, 0.4) is 0 Å². The minimum absolute atomic E-state index is 1.14. The summed E-state index contributed by atoms with van der Waals surface area (Å²) >= 11 is 3.83. The number of fused-ring (bicyclic) bond motifs is 2. The summed E-state index contributed by atoms with van der Waals surface area (Å²) < 4.78 is 1.39. The van der Waals surface area contributed by atoms with Crippen molar-refractivity contribution < 1.29 is 0 Å². The summed E-state index contributed by atoms with van der Waals surface area (Å²) in [6.07, 6.45) is 12.2. The summed E-state index contributed by atoms with van der Waals surface area (Å²) in [4.78, 5) is 0. The van der Waals surface area contributed by atoms with Crippen LogP contribution in [0.4, 0.5) is 0 Å². The van der Waals surface area contributed by atoms with Crippen LogP contribution >= 0.6 is 15.9 Å². The van der Waals surface area contributed by atoms with Gasteiger partial charge >= 0.3 is 0 Å². The molecule has 0 aromatic heterocycles. The standard InChI is InChI=1S/C15H17Br/c1-2-10-11-6-3-4-7-13(11)15(16)14-9-5-8-12(10)14/h5,9H,2-4,6-8H2,1H3. The highest BCUT2D eigenvalue weighted by atomic mass is 79.9. The van der Waals surface area contributed by atoms with E-state index in [4.69, 9.17) is 0 Å². The zero-order valence-electron chi connectivity index (χ0n) is 9.78. The normalized spacial score (nSPS) is 17.4. The lowest BCUT2D eigenvalue weighted by Crippen LogP contribution is -2.10. The molecule has 0 saturated heterocycles. The molecule has 0 aliphatic heterocycles. The van der Waals surface area contributed by atoms with Gasteiger partial charge in [-0.15, -0.1) is 0 Å².